The quantitative estimate of drug-likeness (QED) is 0.400. The average molecular weight is 403 g/mol. The van der Waals surface area contributed by atoms with Crippen LogP contribution in [-0.2, 0) is 0 Å². The summed E-state index contributed by atoms with van der Waals surface area (Å²) in [6, 6.07) is 4.52. The van der Waals surface area contributed by atoms with E-state index in [0.717, 1.165) is 42.1 Å². The van der Waals surface area contributed by atoms with Crippen LogP contribution in [0.5, 0.6) is 0 Å². The van der Waals surface area contributed by atoms with Gasteiger partial charge in [0, 0.05) is 0 Å². The lowest BCUT2D eigenvalue weighted by Crippen LogP contribution is -2.25. The number of halogens is 2. The predicted molar refractivity (Wildman–Crippen MR) is 117 cm³/mol. The van der Waals surface area contributed by atoms with Gasteiger partial charge in [-0.15, -0.1) is 0 Å². The van der Waals surface area contributed by atoms with E-state index in [-0.39, 0.29) is 0 Å². The molecular weight excluding hydrogens is 362 g/mol. The van der Waals surface area contributed by atoms with Crippen molar-refractivity contribution < 1.29 is 8.78 Å². The van der Waals surface area contributed by atoms with Crippen molar-refractivity contribution in [2.75, 3.05) is 0 Å². The van der Waals surface area contributed by atoms with Crippen LogP contribution in [-0.4, -0.2) is 0 Å². The van der Waals surface area contributed by atoms with E-state index in [0.29, 0.717) is 5.92 Å². The molecule has 0 nitrogen and oxygen atoms in total. The summed E-state index contributed by atoms with van der Waals surface area (Å²) in [4.78, 5) is 0. The topological polar surface area (TPSA) is 0 Å². The Bertz CT molecular complexity index is 617. The first-order valence-electron chi connectivity index (χ1n) is 12.6. The SMILES string of the molecule is Fc1ccc(C2CCC(C3CCC(CCCCC4CCCC4)CC3)CC2)cc1F. The summed E-state index contributed by atoms with van der Waals surface area (Å²) < 4.78 is 26.7. The van der Waals surface area contributed by atoms with Crippen LogP contribution in [0.25, 0.3) is 0 Å². The Morgan fingerprint density at radius 2 is 1.17 bits per heavy atom. The zero-order valence-electron chi connectivity index (χ0n) is 18.2. The summed E-state index contributed by atoms with van der Waals surface area (Å²) >= 11 is 0. The van der Waals surface area contributed by atoms with Gasteiger partial charge in [0.1, 0.15) is 0 Å². The molecule has 3 aliphatic rings. The molecule has 0 aliphatic heterocycles. The third kappa shape index (κ3) is 5.82. The van der Waals surface area contributed by atoms with Crippen LogP contribution in [0.3, 0.4) is 0 Å². The molecule has 0 N–H and O–H groups in total. The Morgan fingerprint density at radius 3 is 1.76 bits per heavy atom. The molecule has 3 saturated carbocycles. The third-order valence-corrected chi connectivity index (χ3v) is 8.69. The van der Waals surface area contributed by atoms with E-state index in [1.807, 2.05) is 0 Å². The fraction of sp³-hybridized carbons (Fsp3) is 0.778. The molecule has 1 aromatic rings. The molecule has 0 spiro atoms. The van der Waals surface area contributed by atoms with Crippen molar-refractivity contribution in [1.29, 1.82) is 0 Å². The molecule has 162 valence electrons. The molecular formula is C27H40F2. The van der Waals surface area contributed by atoms with Gasteiger partial charge in [-0.05, 0) is 85.8 Å². The van der Waals surface area contributed by atoms with Crippen LogP contribution in [0.4, 0.5) is 8.78 Å². The van der Waals surface area contributed by atoms with Gasteiger partial charge in [0.2, 0.25) is 0 Å². The molecule has 2 heteroatoms. The van der Waals surface area contributed by atoms with E-state index < -0.39 is 11.6 Å². The maximum atomic E-state index is 13.6. The highest BCUT2D eigenvalue weighted by molar-refractivity contribution is 5.22. The van der Waals surface area contributed by atoms with Gasteiger partial charge in [0.25, 0.3) is 0 Å². The van der Waals surface area contributed by atoms with E-state index in [9.17, 15) is 8.78 Å². The Labute approximate surface area is 176 Å². The predicted octanol–water partition coefficient (Wildman–Crippen LogP) is 8.80. The first kappa shape index (κ1) is 21.3. The normalized spacial score (nSPS) is 31.2. The van der Waals surface area contributed by atoms with E-state index >= 15 is 0 Å². The number of benzene rings is 1. The largest absolute Gasteiger partial charge is 0.204 e. The van der Waals surface area contributed by atoms with Gasteiger partial charge in [-0.1, -0.05) is 70.3 Å². The summed E-state index contributed by atoms with van der Waals surface area (Å²) in [6.45, 7) is 0. The zero-order chi connectivity index (χ0) is 20.1. The standard InChI is InChI=1S/C27H40F2/c28-26-18-17-25(19-27(26)29)24-15-13-23(14-16-24)22-11-9-21(10-12-22)8-4-3-7-20-5-1-2-6-20/h17-24H,1-16H2. The molecule has 3 fully saturated rings. The van der Waals surface area contributed by atoms with Gasteiger partial charge in [0.05, 0.1) is 0 Å². The molecule has 0 radical (unpaired) electrons. The number of unbranched alkanes of at least 4 members (excludes halogenated alkanes) is 1. The summed E-state index contributed by atoms with van der Waals surface area (Å²) in [5, 5.41) is 0. The lowest BCUT2D eigenvalue weighted by atomic mass is 9.68. The van der Waals surface area contributed by atoms with Crippen LogP contribution in [0.15, 0.2) is 18.2 Å². The van der Waals surface area contributed by atoms with Crippen molar-refractivity contribution in [3.05, 3.63) is 35.4 Å². The Morgan fingerprint density at radius 1 is 0.621 bits per heavy atom. The minimum absolute atomic E-state index is 0.428. The summed E-state index contributed by atoms with van der Waals surface area (Å²) in [5.41, 5.74) is 1.00. The maximum absolute atomic E-state index is 13.6. The minimum atomic E-state index is -0.724. The van der Waals surface area contributed by atoms with Crippen molar-refractivity contribution in [2.24, 2.45) is 23.7 Å². The summed E-state index contributed by atoms with van der Waals surface area (Å²) in [7, 11) is 0. The van der Waals surface area contributed by atoms with Crippen LogP contribution >= 0.6 is 0 Å². The highest BCUT2D eigenvalue weighted by Gasteiger charge is 2.31. The number of hydrogen-bond acceptors (Lipinski definition) is 0. The Kier molecular flexibility index (Phi) is 7.65. The fourth-order valence-electron chi connectivity index (χ4n) is 6.80. The van der Waals surface area contributed by atoms with Gasteiger partial charge in [-0.2, -0.15) is 0 Å². The second-order valence-electron chi connectivity index (χ2n) is 10.5. The number of rotatable bonds is 7. The van der Waals surface area contributed by atoms with Crippen LogP contribution in [0.1, 0.15) is 114 Å². The molecule has 1 aromatic carbocycles. The molecule has 0 heterocycles. The van der Waals surface area contributed by atoms with Crippen LogP contribution in [0.2, 0.25) is 0 Å². The lowest BCUT2D eigenvalue weighted by molar-refractivity contribution is 0.155. The number of hydrogen-bond donors (Lipinski definition) is 0. The second-order valence-corrected chi connectivity index (χ2v) is 10.5. The Balaban J connectivity index is 1.13. The first-order valence-corrected chi connectivity index (χ1v) is 12.6. The monoisotopic (exact) mass is 402 g/mol. The fourth-order valence-corrected chi connectivity index (χ4v) is 6.80. The van der Waals surface area contributed by atoms with Crippen molar-refractivity contribution in [2.45, 2.75) is 109 Å². The molecule has 0 amide bonds. The van der Waals surface area contributed by atoms with Crippen molar-refractivity contribution >= 4 is 0 Å². The zero-order valence-corrected chi connectivity index (χ0v) is 18.2. The molecule has 0 aromatic heterocycles. The summed E-state index contributed by atoms with van der Waals surface area (Å²) in [5.74, 6) is 2.87. The molecule has 4 rings (SSSR count). The Hall–Kier alpha value is -0.920. The molecule has 0 unspecified atom stereocenters. The van der Waals surface area contributed by atoms with Crippen molar-refractivity contribution in [3.63, 3.8) is 0 Å². The van der Waals surface area contributed by atoms with Crippen molar-refractivity contribution in [1.82, 2.24) is 0 Å². The average Bonchev–Trinajstić information content (AvgIpc) is 3.27. The van der Waals surface area contributed by atoms with Gasteiger partial charge >= 0.3 is 0 Å². The molecule has 0 atom stereocenters. The molecule has 29 heavy (non-hydrogen) atoms. The van der Waals surface area contributed by atoms with Crippen LogP contribution in [0, 0.1) is 35.3 Å². The van der Waals surface area contributed by atoms with Gasteiger partial charge < -0.3 is 0 Å². The lowest BCUT2D eigenvalue weighted by Gasteiger charge is -2.38. The molecule has 0 saturated heterocycles. The summed E-state index contributed by atoms with van der Waals surface area (Å²) in [6.07, 6.45) is 22.5. The van der Waals surface area contributed by atoms with Crippen molar-refractivity contribution in [3.8, 4) is 0 Å². The third-order valence-electron chi connectivity index (χ3n) is 8.69. The smallest absolute Gasteiger partial charge is 0.159 e. The first-order chi connectivity index (χ1) is 14.2. The van der Waals surface area contributed by atoms with Gasteiger partial charge in [-0.25, -0.2) is 8.78 Å². The highest BCUT2D eigenvalue weighted by Crippen LogP contribution is 2.44. The van der Waals surface area contributed by atoms with Gasteiger partial charge in [0.15, 0.2) is 11.6 Å². The second kappa shape index (κ2) is 10.4. The van der Waals surface area contributed by atoms with E-state index in [1.165, 1.54) is 102 Å². The van der Waals surface area contributed by atoms with Crippen LogP contribution < -0.4 is 0 Å². The minimum Gasteiger partial charge on any atom is -0.204 e. The van der Waals surface area contributed by atoms with Gasteiger partial charge in [-0.3, -0.25) is 0 Å². The molecule has 0 bridgehead atoms. The molecule has 3 aliphatic carbocycles. The van der Waals surface area contributed by atoms with E-state index in [2.05, 4.69) is 0 Å². The highest BCUT2D eigenvalue weighted by atomic mass is 19.2. The maximum Gasteiger partial charge on any atom is 0.159 e. The van der Waals surface area contributed by atoms with E-state index in [1.54, 1.807) is 6.07 Å². The van der Waals surface area contributed by atoms with E-state index in [4.69, 9.17) is 0 Å².